The second-order valence-corrected chi connectivity index (χ2v) is 13.0. The van der Waals surface area contributed by atoms with Crippen LogP contribution in [0.1, 0.15) is 95.6 Å². The highest BCUT2D eigenvalue weighted by molar-refractivity contribution is 5.37. The van der Waals surface area contributed by atoms with Crippen molar-refractivity contribution in [2.45, 2.75) is 121 Å². The van der Waals surface area contributed by atoms with Gasteiger partial charge in [-0.15, -0.1) is 0 Å². The predicted molar refractivity (Wildman–Crippen MR) is 155 cm³/mol. The summed E-state index contributed by atoms with van der Waals surface area (Å²) in [5.41, 5.74) is 1.94. The first kappa shape index (κ1) is 29.4. The Balaban J connectivity index is 0.000000269. The largest absolute Gasteiger partial charge is 0.465 e. The van der Waals surface area contributed by atoms with Crippen LogP contribution in [0.15, 0.2) is 48.5 Å². The van der Waals surface area contributed by atoms with Gasteiger partial charge in [0.15, 0.2) is 0 Å². The quantitative estimate of drug-likeness (QED) is 0.358. The molecule has 0 aromatic heterocycles. The molecule has 2 aliphatic carbocycles. The van der Waals surface area contributed by atoms with E-state index in [2.05, 4.69) is 26.0 Å². The van der Waals surface area contributed by atoms with Gasteiger partial charge in [-0.1, -0.05) is 44.5 Å². The molecule has 4 heterocycles. The summed E-state index contributed by atoms with van der Waals surface area (Å²) < 4.78 is 11.1. The fraction of sp³-hybridized carbons (Fsp3) is 0.647. The van der Waals surface area contributed by atoms with Crippen LogP contribution >= 0.6 is 0 Å². The zero-order valence-corrected chi connectivity index (χ0v) is 24.2. The van der Waals surface area contributed by atoms with Gasteiger partial charge < -0.3 is 29.9 Å². The summed E-state index contributed by atoms with van der Waals surface area (Å²) in [6.45, 7) is 4.64. The van der Waals surface area contributed by atoms with Gasteiger partial charge in [-0.3, -0.25) is 0 Å². The van der Waals surface area contributed by atoms with Gasteiger partial charge in [0, 0.05) is 6.42 Å². The second-order valence-electron chi connectivity index (χ2n) is 13.0. The molecule has 4 bridgehead atoms. The van der Waals surface area contributed by atoms with Crippen LogP contribution in [0.5, 0.6) is 11.5 Å². The van der Waals surface area contributed by atoms with E-state index in [1.807, 2.05) is 36.4 Å². The van der Waals surface area contributed by atoms with Crippen LogP contribution in [-0.4, -0.2) is 45.2 Å². The molecule has 0 saturated heterocycles. The third-order valence-corrected chi connectivity index (χ3v) is 10.4. The molecule has 8 rings (SSSR count). The zero-order chi connectivity index (χ0) is 28.3. The predicted octanol–water partition coefficient (Wildman–Crippen LogP) is 5.87. The summed E-state index contributed by atoms with van der Waals surface area (Å²) in [6, 6.07) is 15.9. The highest BCUT2D eigenvalue weighted by Gasteiger charge is 2.52. The molecule has 0 radical (unpaired) electrons. The lowest BCUT2D eigenvalue weighted by atomic mass is 9.53. The number of benzene rings is 2. The van der Waals surface area contributed by atoms with Crippen molar-refractivity contribution >= 4 is 0 Å². The van der Waals surface area contributed by atoms with Crippen LogP contribution in [0, 0.1) is 17.3 Å². The number of hydrogen-bond donors (Lipinski definition) is 4. The van der Waals surface area contributed by atoms with Gasteiger partial charge in [-0.2, -0.15) is 0 Å². The van der Waals surface area contributed by atoms with Crippen LogP contribution in [-0.2, 0) is 11.8 Å². The monoisotopic (exact) mass is 552 g/mol. The minimum absolute atomic E-state index is 0.0432. The molecule has 6 nitrogen and oxygen atoms in total. The highest BCUT2D eigenvalue weighted by atomic mass is 16.6. The average Bonchev–Trinajstić information content (AvgIpc) is 3.34. The van der Waals surface area contributed by atoms with Crippen molar-refractivity contribution in [3.05, 3.63) is 59.7 Å². The molecule has 3 unspecified atom stereocenters. The van der Waals surface area contributed by atoms with Crippen LogP contribution in [0.3, 0.4) is 0 Å². The molecule has 4 aliphatic heterocycles. The van der Waals surface area contributed by atoms with Crippen molar-refractivity contribution in [2.24, 2.45) is 17.3 Å². The molecule has 2 saturated carbocycles. The smallest absolute Gasteiger partial charge is 0.207 e. The van der Waals surface area contributed by atoms with Crippen LogP contribution in [0.4, 0.5) is 0 Å². The topological polar surface area (TPSA) is 99.4 Å². The molecule has 2 aromatic carbocycles. The minimum atomic E-state index is -0.838. The van der Waals surface area contributed by atoms with Crippen molar-refractivity contribution in [1.82, 2.24) is 0 Å². The van der Waals surface area contributed by atoms with Gasteiger partial charge in [0.25, 0.3) is 0 Å². The Morgan fingerprint density at radius 2 is 1.23 bits per heavy atom. The minimum Gasteiger partial charge on any atom is -0.465 e. The fourth-order valence-electron chi connectivity index (χ4n) is 8.12. The van der Waals surface area contributed by atoms with Crippen LogP contribution in [0.25, 0.3) is 0 Å². The lowest BCUT2D eigenvalue weighted by molar-refractivity contribution is -0.115. The van der Waals surface area contributed by atoms with Gasteiger partial charge in [0.1, 0.15) is 11.5 Å². The number of hydrogen-bond acceptors (Lipinski definition) is 6. The first-order valence-electron chi connectivity index (χ1n) is 15.5. The number of aliphatic hydroxyl groups excluding tert-OH is 4. The molecule has 0 amide bonds. The van der Waals surface area contributed by atoms with Crippen molar-refractivity contribution in [2.75, 3.05) is 0 Å². The third-order valence-electron chi connectivity index (χ3n) is 10.4. The Hall–Kier alpha value is -2.12. The lowest BCUT2D eigenvalue weighted by Crippen LogP contribution is -2.50. The highest BCUT2D eigenvalue weighted by Crippen LogP contribution is 2.57. The molecule has 2 aromatic rings. The molecule has 4 N–H and O–H groups in total. The molecule has 2 fully saturated rings. The maximum atomic E-state index is 11.3. The Labute approximate surface area is 239 Å². The Kier molecular flexibility index (Phi) is 9.11. The van der Waals surface area contributed by atoms with E-state index >= 15 is 0 Å². The number of ether oxygens (including phenoxy) is 2. The summed E-state index contributed by atoms with van der Waals surface area (Å²) in [5.74, 6) is 2.55. The van der Waals surface area contributed by atoms with Crippen molar-refractivity contribution in [1.29, 1.82) is 0 Å². The Morgan fingerprint density at radius 1 is 0.725 bits per heavy atom. The van der Waals surface area contributed by atoms with Gasteiger partial charge in [0.2, 0.25) is 12.6 Å². The summed E-state index contributed by atoms with van der Waals surface area (Å²) in [5, 5.41) is 40.7. The van der Waals surface area contributed by atoms with Crippen LogP contribution in [0.2, 0.25) is 0 Å². The van der Waals surface area contributed by atoms with Crippen LogP contribution < -0.4 is 9.47 Å². The molecule has 6 heteroatoms. The second kappa shape index (κ2) is 12.4. The number of aliphatic hydroxyl groups is 4. The van der Waals surface area contributed by atoms with Crippen molar-refractivity contribution in [3.8, 4) is 11.5 Å². The van der Waals surface area contributed by atoms with Gasteiger partial charge in [-0.25, -0.2) is 0 Å². The molecule has 3 atom stereocenters. The van der Waals surface area contributed by atoms with Crippen molar-refractivity contribution < 1.29 is 29.9 Å². The zero-order valence-electron chi connectivity index (χ0n) is 24.2. The van der Waals surface area contributed by atoms with Gasteiger partial charge in [-0.05, 0) is 117 Å². The van der Waals surface area contributed by atoms with Gasteiger partial charge in [0.05, 0.1) is 17.6 Å². The van der Waals surface area contributed by atoms with E-state index in [0.29, 0.717) is 18.3 Å². The summed E-state index contributed by atoms with van der Waals surface area (Å²) in [4.78, 5) is 0. The van der Waals surface area contributed by atoms with Crippen molar-refractivity contribution in [3.63, 3.8) is 0 Å². The van der Waals surface area contributed by atoms with E-state index in [-0.39, 0.29) is 17.6 Å². The lowest BCUT2D eigenvalue weighted by Gasteiger charge is -2.53. The molecule has 6 aliphatic rings. The van der Waals surface area contributed by atoms with E-state index < -0.39 is 18.0 Å². The first-order valence-corrected chi connectivity index (χ1v) is 15.5. The number of rotatable bonds is 6. The third kappa shape index (κ3) is 6.20. The average molecular weight is 553 g/mol. The Bertz CT molecular complexity index is 1020. The summed E-state index contributed by atoms with van der Waals surface area (Å²) in [6.07, 6.45) is 9.26. The number of fused-ring (bicyclic) bond motifs is 8. The standard InChI is InChI=1S/C26H40O4.C8H8O2/c1-3-16-26(20-8-14-23(15-9-20)30-24(26)29)17-25(2,18-4-10-21(27)11-5-18)19-6-12-22(28)13-7-19;9-8-5-6-1-3-7(10-8)4-2-6/h8-9,14-15,18-19,21-22,24,27-29H,3-7,10-13,16-17H2,1-2H3;1-4,8-9H,5H2. The summed E-state index contributed by atoms with van der Waals surface area (Å²) >= 11 is 0. The molecule has 0 spiro atoms. The maximum absolute atomic E-state index is 11.3. The molecular formula is C34H48O6. The molecule has 40 heavy (non-hydrogen) atoms. The van der Waals surface area contributed by atoms with Gasteiger partial charge >= 0.3 is 0 Å². The van der Waals surface area contributed by atoms with E-state index in [9.17, 15) is 15.3 Å². The maximum Gasteiger partial charge on any atom is 0.207 e. The van der Waals surface area contributed by atoms with E-state index in [4.69, 9.17) is 14.6 Å². The molecular weight excluding hydrogens is 504 g/mol. The normalized spacial score (nSPS) is 34.4. The summed E-state index contributed by atoms with van der Waals surface area (Å²) in [7, 11) is 0. The Morgan fingerprint density at radius 3 is 1.75 bits per heavy atom. The van der Waals surface area contributed by atoms with E-state index in [0.717, 1.165) is 87.7 Å². The SMILES string of the molecule is CCCC1(CC(C)(C2CCC(O)CC2)C2CCC(O)CC2)c2ccc(cc2)OC1O.OC1Cc2ccc(cc2)O1. The first-order chi connectivity index (χ1) is 19.2. The molecule has 220 valence electrons. The van der Waals surface area contributed by atoms with E-state index in [1.54, 1.807) is 0 Å². The fourth-order valence-corrected chi connectivity index (χ4v) is 8.12. The van der Waals surface area contributed by atoms with E-state index in [1.165, 1.54) is 5.56 Å².